The summed E-state index contributed by atoms with van der Waals surface area (Å²) in [6.07, 6.45) is 1.06. The Morgan fingerprint density at radius 3 is 2.58 bits per heavy atom. The minimum atomic E-state index is -0.602. The third-order valence-corrected chi connectivity index (χ3v) is 3.12. The molecule has 0 saturated heterocycles. The van der Waals surface area contributed by atoms with Crippen LogP contribution in [0, 0.1) is 0 Å². The first-order valence-corrected chi connectivity index (χ1v) is 6.63. The molecule has 0 aliphatic carbocycles. The standard InChI is InChI=1S/C14H23N3O2/c1-5-17(6-2)13(19)10-16(4)14-12(11(3)18)8-7-9-15-14/h7-9,11,18H,5-6,10H2,1-4H3/t11-/m0/s1. The fourth-order valence-electron chi connectivity index (χ4n) is 2.01. The molecule has 0 fully saturated rings. The van der Waals surface area contributed by atoms with Crippen molar-refractivity contribution in [3.63, 3.8) is 0 Å². The lowest BCUT2D eigenvalue weighted by Gasteiger charge is -2.25. The minimum absolute atomic E-state index is 0.0645. The van der Waals surface area contributed by atoms with Crippen LogP contribution in [0.5, 0.6) is 0 Å². The Bertz CT molecular complexity index is 417. The van der Waals surface area contributed by atoms with E-state index >= 15 is 0 Å². The first-order chi connectivity index (χ1) is 9.01. The van der Waals surface area contributed by atoms with Gasteiger partial charge < -0.3 is 14.9 Å². The van der Waals surface area contributed by atoms with Crippen LogP contribution < -0.4 is 4.90 Å². The molecule has 0 bridgehead atoms. The van der Waals surface area contributed by atoms with Crippen molar-refractivity contribution in [2.45, 2.75) is 26.9 Å². The molecule has 106 valence electrons. The molecule has 5 nitrogen and oxygen atoms in total. The van der Waals surface area contributed by atoms with Crippen molar-refractivity contribution in [2.24, 2.45) is 0 Å². The van der Waals surface area contributed by atoms with Gasteiger partial charge in [0.15, 0.2) is 0 Å². The van der Waals surface area contributed by atoms with E-state index in [4.69, 9.17) is 0 Å². The van der Waals surface area contributed by atoms with Gasteiger partial charge in [0.05, 0.1) is 12.6 Å². The Hall–Kier alpha value is -1.62. The number of aliphatic hydroxyl groups is 1. The van der Waals surface area contributed by atoms with E-state index in [1.165, 1.54) is 0 Å². The van der Waals surface area contributed by atoms with Crippen LogP contribution in [0.1, 0.15) is 32.4 Å². The number of carbonyl (C=O) groups excluding carboxylic acids is 1. The molecule has 0 aliphatic rings. The van der Waals surface area contributed by atoms with Gasteiger partial charge in [-0.15, -0.1) is 0 Å². The van der Waals surface area contributed by atoms with Crippen molar-refractivity contribution in [3.05, 3.63) is 23.9 Å². The van der Waals surface area contributed by atoms with Gasteiger partial charge in [0.25, 0.3) is 0 Å². The number of carbonyl (C=O) groups is 1. The molecule has 1 aromatic heterocycles. The molecule has 1 rings (SSSR count). The van der Waals surface area contributed by atoms with E-state index in [-0.39, 0.29) is 12.5 Å². The lowest BCUT2D eigenvalue weighted by atomic mass is 10.1. The molecule has 19 heavy (non-hydrogen) atoms. The Morgan fingerprint density at radius 2 is 2.05 bits per heavy atom. The molecule has 0 spiro atoms. The summed E-state index contributed by atoms with van der Waals surface area (Å²) in [5, 5.41) is 9.73. The van der Waals surface area contributed by atoms with E-state index in [1.54, 1.807) is 29.0 Å². The SMILES string of the molecule is CCN(CC)C(=O)CN(C)c1ncccc1[C@H](C)O. The molecule has 1 amide bonds. The number of pyridine rings is 1. The molecule has 0 radical (unpaired) electrons. The van der Waals surface area contributed by atoms with Crippen molar-refractivity contribution < 1.29 is 9.90 Å². The second-order valence-corrected chi connectivity index (χ2v) is 4.51. The number of hydrogen-bond donors (Lipinski definition) is 1. The Kier molecular flexibility index (Phi) is 5.76. The van der Waals surface area contributed by atoms with Crippen LogP contribution in [0.3, 0.4) is 0 Å². The van der Waals surface area contributed by atoms with E-state index in [9.17, 15) is 9.90 Å². The lowest BCUT2D eigenvalue weighted by Crippen LogP contribution is -2.39. The number of hydrogen-bond acceptors (Lipinski definition) is 4. The van der Waals surface area contributed by atoms with Crippen LogP contribution in [0.2, 0.25) is 0 Å². The summed E-state index contributed by atoms with van der Waals surface area (Å²) in [5.41, 5.74) is 0.734. The van der Waals surface area contributed by atoms with Gasteiger partial charge in [-0.1, -0.05) is 6.07 Å². The molecule has 1 aromatic rings. The number of nitrogens with zero attached hydrogens (tertiary/aromatic N) is 3. The number of aromatic nitrogens is 1. The Labute approximate surface area is 114 Å². The Balaban J connectivity index is 2.84. The third kappa shape index (κ3) is 3.92. The molecule has 0 saturated carbocycles. The summed E-state index contributed by atoms with van der Waals surface area (Å²) in [4.78, 5) is 19.9. The summed E-state index contributed by atoms with van der Waals surface area (Å²) < 4.78 is 0. The van der Waals surface area contributed by atoms with Crippen molar-refractivity contribution in [1.82, 2.24) is 9.88 Å². The average Bonchev–Trinajstić information content (AvgIpc) is 2.40. The largest absolute Gasteiger partial charge is 0.389 e. The molecular weight excluding hydrogens is 242 g/mol. The van der Waals surface area contributed by atoms with Crippen LogP contribution in [-0.2, 0) is 4.79 Å². The van der Waals surface area contributed by atoms with E-state index in [1.807, 2.05) is 27.0 Å². The predicted molar refractivity (Wildman–Crippen MR) is 76.1 cm³/mol. The van der Waals surface area contributed by atoms with Gasteiger partial charge in [0.2, 0.25) is 5.91 Å². The van der Waals surface area contributed by atoms with E-state index in [0.717, 1.165) is 5.56 Å². The van der Waals surface area contributed by atoms with Crippen LogP contribution in [0.4, 0.5) is 5.82 Å². The number of rotatable bonds is 6. The zero-order valence-electron chi connectivity index (χ0n) is 12.1. The maximum absolute atomic E-state index is 12.1. The fraction of sp³-hybridized carbons (Fsp3) is 0.571. The van der Waals surface area contributed by atoms with E-state index in [0.29, 0.717) is 18.9 Å². The molecule has 0 aliphatic heterocycles. The normalized spacial score (nSPS) is 12.1. The first-order valence-electron chi connectivity index (χ1n) is 6.63. The molecule has 1 N–H and O–H groups in total. The molecule has 0 aromatic carbocycles. The van der Waals surface area contributed by atoms with Gasteiger partial charge in [0, 0.05) is 31.9 Å². The van der Waals surface area contributed by atoms with Crippen LogP contribution in [0.15, 0.2) is 18.3 Å². The predicted octanol–water partition coefficient (Wildman–Crippen LogP) is 1.44. The van der Waals surface area contributed by atoms with Gasteiger partial charge in [-0.3, -0.25) is 4.79 Å². The minimum Gasteiger partial charge on any atom is -0.389 e. The van der Waals surface area contributed by atoms with Crippen molar-refractivity contribution in [2.75, 3.05) is 31.6 Å². The maximum Gasteiger partial charge on any atom is 0.242 e. The number of amides is 1. The fourth-order valence-corrected chi connectivity index (χ4v) is 2.01. The number of aliphatic hydroxyl groups excluding tert-OH is 1. The summed E-state index contributed by atoms with van der Waals surface area (Å²) in [5.74, 6) is 0.715. The number of anilines is 1. The molecular formula is C14H23N3O2. The monoisotopic (exact) mass is 265 g/mol. The van der Waals surface area contributed by atoms with E-state index in [2.05, 4.69) is 4.98 Å². The molecule has 5 heteroatoms. The van der Waals surface area contributed by atoms with Gasteiger partial charge >= 0.3 is 0 Å². The van der Waals surface area contributed by atoms with Crippen molar-refractivity contribution >= 4 is 11.7 Å². The second-order valence-electron chi connectivity index (χ2n) is 4.51. The van der Waals surface area contributed by atoms with Crippen LogP contribution >= 0.6 is 0 Å². The first kappa shape index (κ1) is 15.4. The Morgan fingerprint density at radius 1 is 1.42 bits per heavy atom. The van der Waals surface area contributed by atoms with Crippen molar-refractivity contribution in [3.8, 4) is 0 Å². The van der Waals surface area contributed by atoms with Gasteiger partial charge in [-0.2, -0.15) is 0 Å². The maximum atomic E-state index is 12.1. The summed E-state index contributed by atoms with van der Waals surface area (Å²) in [7, 11) is 1.82. The zero-order valence-corrected chi connectivity index (χ0v) is 12.1. The summed E-state index contributed by atoms with van der Waals surface area (Å²) >= 11 is 0. The van der Waals surface area contributed by atoms with Crippen LogP contribution in [0.25, 0.3) is 0 Å². The molecule has 1 atom stereocenters. The highest BCUT2D eigenvalue weighted by Gasteiger charge is 2.17. The van der Waals surface area contributed by atoms with Crippen LogP contribution in [-0.4, -0.2) is 47.6 Å². The second kappa shape index (κ2) is 7.09. The molecule has 1 heterocycles. The van der Waals surface area contributed by atoms with Crippen molar-refractivity contribution in [1.29, 1.82) is 0 Å². The molecule has 0 unspecified atom stereocenters. The smallest absolute Gasteiger partial charge is 0.242 e. The van der Waals surface area contributed by atoms with Gasteiger partial charge in [-0.05, 0) is 26.8 Å². The summed E-state index contributed by atoms with van der Waals surface area (Å²) in [6.45, 7) is 7.29. The zero-order chi connectivity index (χ0) is 14.4. The quantitative estimate of drug-likeness (QED) is 0.845. The van der Waals surface area contributed by atoms with Gasteiger partial charge in [0.1, 0.15) is 5.82 Å². The highest BCUT2D eigenvalue weighted by molar-refractivity contribution is 5.81. The van der Waals surface area contributed by atoms with Gasteiger partial charge in [-0.25, -0.2) is 4.98 Å². The highest BCUT2D eigenvalue weighted by Crippen LogP contribution is 2.22. The third-order valence-electron chi connectivity index (χ3n) is 3.12. The van der Waals surface area contributed by atoms with E-state index < -0.39 is 6.10 Å². The lowest BCUT2D eigenvalue weighted by molar-refractivity contribution is -0.129. The average molecular weight is 265 g/mol. The summed E-state index contributed by atoms with van der Waals surface area (Å²) in [6, 6.07) is 3.61. The topological polar surface area (TPSA) is 56.7 Å². The highest BCUT2D eigenvalue weighted by atomic mass is 16.3. The number of likely N-dealkylation sites (N-methyl/N-ethyl adjacent to an activating group) is 2.